The van der Waals surface area contributed by atoms with Crippen LogP contribution in [0.5, 0.6) is 0 Å². The first-order valence-electron chi connectivity index (χ1n) is 8.96. The highest BCUT2D eigenvalue weighted by Crippen LogP contribution is 2.28. The van der Waals surface area contributed by atoms with Gasteiger partial charge in [-0.1, -0.05) is 17.7 Å². The Labute approximate surface area is 166 Å². The third kappa shape index (κ3) is 4.94. The number of anilines is 2. The van der Waals surface area contributed by atoms with Gasteiger partial charge in [0, 0.05) is 16.8 Å². The Morgan fingerprint density at radius 2 is 1.96 bits per heavy atom. The standard InChI is InChI=1S/C19H20ClF3N4O/c1-13-15(20)3-2-4-16(13)25-18(28)12-26-7-9-27(10-8-26)17-6-5-14(11-24-17)19(21,22)23/h2-6,11H,7-10,12H2,1H3,(H,25,28)/p+2. The Kier molecular flexibility index (Phi) is 6.10. The molecule has 9 heteroatoms. The maximum absolute atomic E-state index is 12.7. The van der Waals surface area contributed by atoms with Gasteiger partial charge in [0.05, 0.1) is 5.56 Å². The lowest BCUT2D eigenvalue weighted by atomic mass is 10.2. The molecular weight excluding hydrogens is 393 g/mol. The van der Waals surface area contributed by atoms with Crippen LogP contribution in [0.4, 0.5) is 24.7 Å². The number of rotatable bonds is 4. The molecule has 1 aromatic heterocycles. The first kappa shape index (κ1) is 20.4. The van der Waals surface area contributed by atoms with Crippen molar-refractivity contribution in [1.82, 2.24) is 0 Å². The first-order chi connectivity index (χ1) is 13.2. The van der Waals surface area contributed by atoms with Gasteiger partial charge in [0.25, 0.3) is 11.7 Å². The average molecular weight is 415 g/mol. The zero-order valence-electron chi connectivity index (χ0n) is 15.4. The zero-order chi connectivity index (χ0) is 20.3. The van der Waals surface area contributed by atoms with Crippen molar-refractivity contribution in [3.8, 4) is 0 Å². The summed E-state index contributed by atoms with van der Waals surface area (Å²) in [7, 11) is 0. The van der Waals surface area contributed by atoms with Crippen LogP contribution in [0.15, 0.2) is 36.5 Å². The smallest absolute Gasteiger partial charge is 0.321 e. The van der Waals surface area contributed by atoms with E-state index in [1.165, 1.54) is 6.07 Å². The van der Waals surface area contributed by atoms with Crippen molar-refractivity contribution in [3.05, 3.63) is 52.7 Å². The first-order valence-corrected chi connectivity index (χ1v) is 9.34. The molecule has 150 valence electrons. The molecule has 5 nitrogen and oxygen atoms in total. The second kappa shape index (κ2) is 8.36. The minimum atomic E-state index is -4.35. The van der Waals surface area contributed by atoms with Crippen LogP contribution in [0, 0.1) is 6.92 Å². The Bertz CT molecular complexity index is 834. The van der Waals surface area contributed by atoms with Crippen molar-refractivity contribution in [3.63, 3.8) is 0 Å². The van der Waals surface area contributed by atoms with Crippen LogP contribution >= 0.6 is 11.6 Å². The van der Waals surface area contributed by atoms with Crippen LogP contribution < -0.4 is 20.1 Å². The zero-order valence-corrected chi connectivity index (χ0v) is 16.1. The van der Waals surface area contributed by atoms with Gasteiger partial charge in [-0.15, -0.1) is 0 Å². The fourth-order valence-electron chi connectivity index (χ4n) is 3.19. The molecule has 1 aromatic carbocycles. The number of carbonyl (C=O) groups excluding carboxylic acids is 1. The Balaban J connectivity index is 1.51. The van der Waals surface area contributed by atoms with E-state index in [1.54, 1.807) is 12.1 Å². The number of quaternary nitrogens is 1. The molecule has 1 aliphatic rings. The van der Waals surface area contributed by atoms with E-state index in [1.807, 2.05) is 17.9 Å². The van der Waals surface area contributed by atoms with E-state index in [9.17, 15) is 18.0 Å². The number of pyridine rings is 1. The molecule has 3 N–H and O–H groups in total. The van der Waals surface area contributed by atoms with Crippen molar-refractivity contribution >= 4 is 29.0 Å². The van der Waals surface area contributed by atoms with Crippen LogP contribution in [0.3, 0.4) is 0 Å². The van der Waals surface area contributed by atoms with E-state index in [0.717, 1.165) is 35.8 Å². The number of nitrogens with one attached hydrogen (secondary N) is 3. The number of H-pyrrole nitrogens is 1. The van der Waals surface area contributed by atoms with Gasteiger partial charge in [0.15, 0.2) is 6.54 Å². The Morgan fingerprint density at radius 3 is 2.57 bits per heavy atom. The number of benzene rings is 1. The molecule has 2 heterocycles. The van der Waals surface area contributed by atoms with Gasteiger partial charge < -0.3 is 10.2 Å². The number of halogens is 4. The molecule has 1 aliphatic heterocycles. The van der Waals surface area contributed by atoms with Crippen LogP contribution in [-0.4, -0.2) is 38.6 Å². The van der Waals surface area contributed by atoms with E-state index in [4.69, 9.17) is 11.6 Å². The van der Waals surface area contributed by atoms with Crippen LogP contribution in [0.25, 0.3) is 0 Å². The number of hydrogen-bond donors (Lipinski definition) is 2. The van der Waals surface area contributed by atoms with Crippen molar-refractivity contribution in [2.45, 2.75) is 13.1 Å². The molecule has 0 bridgehead atoms. The fourth-order valence-corrected chi connectivity index (χ4v) is 3.37. The summed E-state index contributed by atoms with van der Waals surface area (Å²) in [4.78, 5) is 18.2. The van der Waals surface area contributed by atoms with E-state index in [0.29, 0.717) is 36.2 Å². The molecule has 1 fully saturated rings. The summed E-state index contributed by atoms with van der Waals surface area (Å²) < 4.78 is 38.0. The molecule has 0 saturated carbocycles. The maximum atomic E-state index is 12.7. The number of amides is 1. The van der Waals surface area contributed by atoms with Gasteiger partial charge in [-0.05, 0) is 30.7 Å². The highest BCUT2D eigenvalue weighted by atomic mass is 35.5. The van der Waals surface area contributed by atoms with Crippen molar-refractivity contribution < 1.29 is 27.8 Å². The summed E-state index contributed by atoms with van der Waals surface area (Å²) in [6, 6.07) is 7.90. The van der Waals surface area contributed by atoms with E-state index in [2.05, 4.69) is 10.3 Å². The molecule has 28 heavy (non-hydrogen) atoms. The summed E-state index contributed by atoms with van der Waals surface area (Å²) >= 11 is 6.07. The van der Waals surface area contributed by atoms with Gasteiger partial charge in [-0.3, -0.25) is 9.69 Å². The summed E-state index contributed by atoms with van der Waals surface area (Å²) in [5, 5.41) is 3.49. The van der Waals surface area contributed by atoms with Crippen molar-refractivity contribution in [2.75, 3.05) is 42.9 Å². The lowest BCUT2D eigenvalue weighted by molar-refractivity contribution is -0.892. The molecule has 1 amide bonds. The Morgan fingerprint density at radius 1 is 1.25 bits per heavy atom. The molecule has 3 rings (SSSR count). The quantitative estimate of drug-likeness (QED) is 0.802. The molecular formula is C19H22ClF3N4O+2. The topological polar surface area (TPSA) is 50.9 Å². The molecule has 2 aromatic rings. The number of aromatic nitrogens is 1. The molecule has 0 atom stereocenters. The number of carbonyl (C=O) groups is 1. The van der Waals surface area contributed by atoms with Gasteiger partial charge in [0.2, 0.25) is 0 Å². The van der Waals surface area contributed by atoms with Gasteiger partial charge in [-0.2, -0.15) is 13.2 Å². The van der Waals surface area contributed by atoms with E-state index >= 15 is 0 Å². The number of piperazine rings is 1. The predicted molar refractivity (Wildman–Crippen MR) is 101 cm³/mol. The fraction of sp³-hybridized carbons (Fsp3) is 0.368. The minimum absolute atomic E-state index is 0.0880. The van der Waals surface area contributed by atoms with Crippen LogP contribution in [0.1, 0.15) is 11.1 Å². The molecule has 0 aliphatic carbocycles. The summed E-state index contributed by atoms with van der Waals surface area (Å²) in [5.41, 5.74) is 0.832. The number of hydrogen-bond acceptors (Lipinski definition) is 2. The normalized spacial score (nSPS) is 15.5. The molecule has 1 saturated heterocycles. The SMILES string of the molecule is Cc1c(Cl)cccc1NC(=O)C[NH+]1CCN(c2ccc(C(F)(F)F)c[nH+]2)CC1. The third-order valence-electron chi connectivity index (χ3n) is 4.89. The highest BCUT2D eigenvalue weighted by Gasteiger charge is 2.33. The van der Waals surface area contributed by atoms with Crippen molar-refractivity contribution in [1.29, 1.82) is 0 Å². The average Bonchev–Trinajstić information content (AvgIpc) is 2.65. The second-order valence-corrected chi connectivity index (χ2v) is 7.24. The molecule has 0 unspecified atom stereocenters. The number of aromatic amines is 1. The molecule has 0 radical (unpaired) electrons. The number of nitrogens with zero attached hydrogens (tertiary/aromatic N) is 1. The minimum Gasteiger partial charge on any atom is -0.321 e. The molecule has 0 spiro atoms. The van der Waals surface area contributed by atoms with Gasteiger partial charge in [0.1, 0.15) is 32.4 Å². The monoisotopic (exact) mass is 414 g/mol. The van der Waals surface area contributed by atoms with Gasteiger partial charge in [-0.25, -0.2) is 4.98 Å². The second-order valence-electron chi connectivity index (χ2n) is 6.83. The lowest BCUT2D eigenvalue weighted by Gasteiger charge is -2.28. The third-order valence-corrected chi connectivity index (χ3v) is 5.30. The largest absolute Gasteiger partial charge is 0.419 e. The van der Waals surface area contributed by atoms with Crippen LogP contribution in [-0.2, 0) is 11.0 Å². The predicted octanol–water partition coefficient (Wildman–Crippen LogP) is 1.82. The maximum Gasteiger partial charge on any atom is 0.419 e. The van der Waals surface area contributed by atoms with Crippen LogP contribution in [0.2, 0.25) is 5.02 Å². The van der Waals surface area contributed by atoms with E-state index in [-0.39, 0.29) is 5.91 Å². The van der Waals surface area contributed by atoms with E-state index < -0.39 is 11.7 Å². The summed E-state index contributed by atoms with van der Waals surface area (Å²) in [6.07, 6.45) is -3.37. The number of alkyl halides is 3. The van der Waals surface area contributed by atoms with Gasteiger partial charge >= 0.3 is 6.18 Å². The Hall–Kier alpha value is -2.32. The lowest BCUT2D eigenvalue weighted by Crippen LogP contribution is -3.15. The highest BCUT2D eigenvalue weighted by molar-refractivity contribution is 6.31. The summed E-state index contributed by atoms with van der Waals surface area (Å²) in [5.74, 6) is 0.556. The van der Waals surface area contributed by atoms with Crippen molar-refractivity contribution in [2.24, 2.45) is 0 Å². The summed E-state index contributed by atoms with van der Waals surface area (Å²) in [6.45, 7) is 4.93.